The zero-order chi connectivity index (χ0) is 21.9. The van der Waals surface area contributed by atoms with Gasteiger partial charge >= 0.3 is 0 Å². The van der Waals surface area contributed by atoms with E-state index in [-0.39, 0.29) is 0 Å². The summed E-state index contributed by atoms with van der Waals surface area (Å²) in [6.07, 6.45) is 4.29. The molecule has 1 N–H and O–H groups in total. The van der Waals surface area contributed by atoms with Crippen molar-refractivity contribution in [1.82, 2.24) is 10.2 Å². The molecule has 2 fully saturated rings. The minimum absolute atomic E-state index is 0.440. The molecule has 2 aliphatic rings. The lowest BCUT2D eigenvalue weighted by Crippen LogP contribution is -2.40. The Kier molecular flexibility index (Phi) is 9.75. The number of guanidine groups is 1. The van der Waals surface area contributed by atoms with Crippen molar-refractivity contribution in [3.05, 3.63) is 23.8 Å². The van der Waals surface area contributed by atoms with E-state index in [0.717, 1.165) is 95.7 Å². The van der Waals surface area contributed by atoms with Gasteiger partial charge in [0.2, 0.25) is 0 Å². The van der Waals surface area contributed by atoms with E-state index in [1.165, 1.54) is 5.56 Å². The molecule has 2 heterocycles. The van der Waals surface area contributed by atoms with Crippen molar-refractivity contribution >= 4 is 5.96 Å². The van der Waals surface area contributed by atoms with Crippen LogP contribution in [-0.2, 0) is 9.47 Å². The number of aliphatic imine (C=N–C) groups is 1. The van der Waals surface area contributed by atoms with E-state index in [4.69, 9.17) is 23.9 Å². The van der Waals surface area contributed by atoms with Gasteiger partial charge in [0, 0.05) is 64.6 Å². The Hall–Kier alpha value is -1.99. The standard InChI is InChI=1S/C24H39N3O4/c1-4-25-24(26-9-5-11-31-18-19-7-12-30-13-8-19)27-10-6-20(17-27)21-14-22(28-2)16-23(15-21)29-3/h14-16,19-20H,4-13,17-18H2,1-3H3,(H,25,26). The molecular formula is C24H39N3O4. The Labute approximate surface area is 187 Å². The van der Waals surface area contributed by atoms with Gasteiger partial charge in [-0.25, -0.2) is 0 Å². The Balaban J connectivity index is 1.47. The first-order valence-electron chi connectivity index (χ1n) is 11.6. The predicted molar refractivity (Wildman–Crippen MR) is 123 cm³/mol. The Morgan fingerprint density at radius 3 is 2.55 bits per heavy atom. The van der Waals surface area contributed by atoms with Gasteiger partial charge in [0.25, 0.3) is 0 Å². The van der Waals surface area contributed by atoms with Gasteiger partial charge in [0.1, 0.15) is 11.5 Å². The van der Waals surface area contributed by atoms with Crippen LogP contribution in [-0.4, -0.2) is 77.7 Å². The number of nitrogens with one attached hydrogen (secondary N) is 1. The summed E-state index contributed by atoms with van der Waals surface area (Å²) in [4.78, 5) is 7.22. The fourth-order valence-corrected chi connectivity index (χ4v) is 4.23. The fraction of sp³-hybridized carbons (Fsp3) is 0.708. The van der Waals surface area contributed by atoms with Crippen LogP contribution in [0.4, 0.5) is 0 Å². The normalized spacial score (nSPS) is 20.2. The maximum Gasteiger partial charge on any atom is 0.193 e. The molecule has 0 radical (unpaired) electrons. The summed E-state index contributed by atoms with van der Waals surface area (Å²) in [6, 6.07) is 6.17. The Morgan fingerprint density at radius 1 is 1.13 bits per heavy atom. The van der Waals surface area contributed by atoms with Crippen molar-refractivity contribution in [2.24, 2.45) is 10.9 Å². The van der Waals surface area contributed by atoms with Crippen molar-refractivity contribution in [3.8, 4) is 11.5 Å². The van der Waals surface area contributed by atoms with Crippen molar-refractivity contribution in [2.75, 3.05) is 66.8 Å². The zero-order valence-corrected chi connectivity index (χ0v) is 19.4. The summed E-state index contributed by atoms with van der Waals surface area (Å²) in [6.45, 7) is 9.09. The molecule has 7 nitrogen and oxygen atoms in total. The molecule has 7 heteroatoms. The minimum Gasteiger partial charge on any atom is -0.497 e. The summed E-state index contributed by atoms with van der Waals surface area (Å²) >= 11 is 0. The highest BCUT2D eigenvalue weighted by Crippen LogP contribution is 2.32. The summed E-state index contributed by atoms with van der Waals surface area (Å²) in [5.74, 6) is 3.79. The average Bonchev–Trinajstić information content (AvgIpc) is 3.31. The van der Waals surface area contributed by atoms with E-state index in [9.17, 15) is 0 Å². The number of ether oxygens (including phenoxy) is 4. The molecule has 0 aromatic heterocycles. The third kappa shape index (κ3) is 7.28. The van der Waals surface area contributed by atoms with Crippen LogP contribution in [0.1, 0.15) is 44.1 Å². The second-order valence-electron chi connectivity index (χ2n) is 8.30. The first-order chi connectivity index (χ1) is 15.2. The van der Waals surface area contributed by atoms with Gasteiger partial charge in [0.15, 0.2) is 5.96 Å². The van der Waals surface area contributed by atoms with Crippen LogP contribution in [0.25, 0.3) is 0 Å². The molecule has 0 bridgehead atoms. The average molecular weight is 434 g/mol. The maximum atomic E-state index is 5.88. The van der Waals surface area contributed by atoms with Crippen LogP contribution in [0, 0.1) is 5.92 Å². The molecule has 0 amide bonds. The second kappa shape index (κ2) is 12.8. The second-order valence-corrected chi connectivity index (χ2v) is 8.30. The number of rotatable bonds is 10. The van der Waals surface area contributed by atoms with Gasteiger partial charge in [-0.3, -0.25) is 4.99 Å². The maximum absolute atomic E-state index is 5.88. The van der Waals surface area contributed by atoms with Gasteiger partial charge in [-0.05, 0) is 56.2 Å². The summed E-state index contributed by atoms with van der Waals surface area (Å²) < 4.78 is 22.2. The topological polar surface area (TPSA) is 64.6 Å². The number of hydrogen-bond donors (Lipinski definition) is 1. The van der Waals surface area contributed by atoms with Crippen molar-refractivity contribution in [3.63, 3.8) is 0 Å². The number of hydrogen-bond acceptors (Lipinski definition) is 5. The van der Waals surface area contributed by atoms with Crippen molar-refractivity contribution in [2.45, 2.75) is 38.5 Å². The van der Waals surface area contributed by atoms with Crippen LogP contribution in [0.5, 0.6) is 11.5 Å². The smallest absolute Gasteiger partial charge is 0.193 e. The van der Waals surface area contributed by atoms with Gasteiger partial charge in [-0.1, -0.05) is 0 Å². The molecule has 3 rings (SSSR count). The molecule has 2 aliphatic heterocycles. The van der Waals surface area contributed by atoms with E-state index < -0.39 is 0 Å². The van der Waals surface area contributed by atoms with Gasteiger partial charge in [-0.2, -0.15) is 0 Å². The minimum atomic E-state index is 0.440. The molecule has 0 aliphatic carbocycles. The lowest BCUT2D eigenvalue weighted by atomic mass is 9.98. The molecule has 174 valence electrons. The molecule has 0 saturated carbocycles. The van der Waals surface area contributed by atoms with E-state index in [1.807, 2.05) is 6.07 Å². The first kappa shape index (κ1) is 23.7. The molecule has 1 aromatic carbocycles. The quantitative estimate of drug-likeness (QED) is 0.347. The number of benzene rings is 1. The predicted octanol–water partition coefficient (Wildman–Crippen LogP) is 3.29. The number of likely N-dealkylation sites (tertiary alicyclic amines) is 1. The van der Waals surface area contributed by atoms with Crippen molar-refractivity contribution in [1.29, 1.82) is 0 Å². The third-order valence-corrected chi connectivity index (χ3v) is 6.07. The van der Waals surface area contributed by atoms with E-state index in [2.05, 4.69) is 29.3 Å². The SMILES string of the molecule is CCNC(=NCCCOCC1CCOCC1)N1CCC(c2cc(OC)cc(OC)c2)C1. The lowest BCUT2D eigenvalue weighted by Gasteiger charge is -2.22. The van der Waals surface area contributed by atoms with Crippen molar-refractivity contribution < 1.29 is 18.9 Å². The monoisotopic (exact) mass is 433 g/mol. The Morgan fingerprint density at radius 2 is 1.87 bits per heavy atom. The lowest BCUT2D eigenvalue weighted by molar-refractivity contribution is 0.0205. The van der Waals surface area contributed by atoms with Crippen LogP contribution in [0.15, 0.2) is 23.2 Å². The number of methoxy groups -OCH3 is 2. The van der Waals surface area contributed by atoms with Crippen LogP contribution in [0.3, 0.4) is 0 Å². The van der Waals surface area contributed by atoms with Gasteiger partial charge in [-0.15, -0.1) is 0 Å². The first-order valence-corrected chi connectivity index (χ1v) is 11.6. The summed E-state index contributed by atoms with van der Waals surface area (Å²) in [5.41, 5.74) is 1.26. The third-order valence-electron chi connectivity index (χ3n) is 6.07. The molecule has 1 atom stereocenters. The van der Waals surface area contributed by atoms with E-state index in [0.29, 0.717) is 11.8 Å². The summed E-state index contributed by atoms with van der Waals surface area (Å²) in [5, 5.41) is 3.46. The molecule has 1 aromatic rings. The molecule has 0 spiro atoms. The highest BCUT2D eigenvalue weighted by Gasteiger charge is 2.27. The largest absolute Gasteiger partial charge is 0.497 e. The van der Waals surface area contributed by atoms with Crippen LogP contribution in [0.2, 0.25) is 0 Å². The molecule has 31 heavy (non-hydrogen) atoms. The fourth-order valence-electron chi connectivity index (χ4n) is 4.23. The Bertz CT molecular complexity index is 669. The molecule has 1 unspecified atom stereocenters. The molecule has 2 saturated heterocycles. The molecular weight excluding hydrogens is 394 g/mol. The van der Waals surface area contributed by atoms with Gasteiger partial charge < -0.3 is 29.2 Å². The highest BCUT2D eigenvalue weighted by molar-refractivity contribution is 5.80. The van der Waals surface area contributed by atoms with Gasteiger partial charge in [0.05, 0.1) is 14.2 Å². The summed E-state index contributed by atoms with van der Waals surface area (Å²) in [7, 11) is 3.39. The van der Waals surface area contributed by atoms with E-state index in [1.54, 1.807) is 14.2 Å². The highest BCUT2D eigenvalue weighted by atomic mass is 16.5. The zero-order valence-electron chi connectivity index (χ0n) is 19.4. The van der Waals surface area contributed by atoms with E-state index >= 15 is 0 Å². The number of nitrogens with zero attached hydrogens (tertiary/aromatic N) is 2. The van der Waals surface area contributed by atoms with Crippen LogP contribution < -0.4 is 14.8 Å². The van der Waals surface area contributed by atoms with Crippen LogP contribution >= 0.6 is 0 Å².